The van der Waals surface area contributed by atoms with E-state index in [4.69, 9.17) is 5.11 Å². The molecular weight excluding hydrogens is 250 g/mol. The van der Waals surface area contributed by atoms with Crippen molar-refractivity contribution < 1.29 is 9.90 Å². The lowest BCUT2D eigenvalue weighted by Gasteiger charge is -2.13. The molecule has 0 aliphatic carbocycles. The Kier molecular flexibility index (Phi) is 4.41. The number of carboxylic acids is 1. The molecule has 0 saturated carbocycles. The predicted octanol–water partition coefficient (Wildman–Crippen LogP) is 3.87. The van der Waals surface area contributed by atoms with Gasteiger partial charge in [-0.2, -0.15) is 0 Å². The summed E-state index contributed by atoms with van der Waals surface area (Å²) in [5.41, 5.74) is 4.78. The normalized spacial score (nSPS) is 10.3. The first-order valence-corrected chi connectivity index (χ1v) is 6.76. The van der Waals surface area contributed by atoms with Crippen molar-refractivity contribution in [3.05, 3.63) is 64.7 Å². The minimum atomic E-state index is -0.901. The van der Waals surface area contributed by atoms with E-state index in [1.807, 2.05) is 25.1 Å². The minimum Gasteiger partial charge on any atom is -0.478 e. The zero-order chi connectivity index (χ0) is 14.5. The maximum absolute atomic E-state index is 11.0. The highest BCUT2D eigenvalue weighted by molar-refractivity contribution is 5.89. The monoisotopic (exact) mass is 269 g/mol. The van der Waals surface area contributed by atoms with Crippen LogP contribution in [0, 0.1) is 6.92 Å². The molecule has 0 radical (unpaired) electrons. The third-order valence-corrected chi connectivity index (χ3v) is 3.45. The lowest BCUT2D eigenvalue weighted by molar-refractivity contribution is 0.0697. The van der Waals surface area contributed by atoms with Crippen LogP contribution >= 0.6 is 0 Å². The van der Waals surface area contributed by atoms with Crippen molar-refractivity contribution in [1.29, 1.82) is 0 Å². The lowest BCUT2D eigenvalue weighted by atomic mass is 10.0. The largest absolute Gasteiger partial charge is 0.478 e. The Morgan fingerprint density at radius 1 is 1.15 bits per heavy atom. The van der Waals surface area contributed by atoms with Crippen molar-refractivity contribution in [1.82, 2.24) is 0 Å². The molecule has 0 unspecified atom stereocenters. The number of aryl methyl sites for hydroxylation is 2. The van der Waals surface area contributed by atoms with E-state index in [9.17, 15) is 4.79 Å². The molecule has 0 saturated heterocycles. The lowest BCUT2D eigenvalue weighted by Crippen LogP contribution is -2.05. The van der Waals surface area contributed by atoms with Crippen LogP contribution in [-0.4, -0.2) is 11.1 Å². The van der Waals surface area contributed by atoms with E-state index < -0.39 is 5.97 Å². The summed E-state index contributed by atoms with van der Waals surface area (Å²) in [4.78, 5) is 11.0. The zero-order valence-corrected chi connectivity index (χ0v) is 11.8. The van der Waals surface area contributed by atoms with Crippen molar-refractivity contribution in [2.75, 3.05) is 5.32 Å². The molecule has 0 bridgehead atoms. The molecule has 2 rings (SSSR count). The standard InChI is InChI=1S/C17H19NO2/c1-3-13-6-4-5-7-15(13)11-18-16-10-14(17(19)20)9-8-12(16)2/h4-10,18H,3,11H2,1-2H3,(H,19,20). The smallest absolute Gasteiger partial charge is 0.335 e. The van der Waals surface area contributed by atoms with Gasteiger partial charge in [-0.3, -0.25) is 0 Å². The van der Waals surface area contributed by atoms with Crippen LogP contribution in [0.1, 0.15) is 34.0 Å². The van der Waals surface area contributed by atoms with Gasteiger partial charge in [-0.1, -0.05) is 37.3 Å². The number of nitrogens with one attached hydrogen (secondary N) is 1. The molecule has 0 aliphatic rings. The molecule has 2 aromatic rings. The van der Waals surface area contributed by atoms with Gasteiger partial charge in [0.1, 0.15) is 0 Å². The maximum Gasteiger partial charge on any atom is 0.335 e. The van der Waals surface area contributed by atoms with Crippen molar-refractivity contribution in [2.24, 2.45) is 0 Å². The van der Waals surface area contributed by atoms with Crippen molar-refractivity contribution in [2.45, 2.75) is 26.8 Å². The summed E-state index contributed by atoms with van der Waals surface area (Å²) in [6.07, 6.45) is 0.992. The highest BCUT2D eigenvalue weighted by Gasteiger charge is 2.06. The minimum absolute atomic E-state index is 0.307. The van der Waals surface area contributed by atoms with Gasteiger partial charge in [0.25, 0.3) is 0 Å². The highest BCUT2D eigenvalue weighted by Crippen LogP contribution is 2.19. The number of anilines is 1. The molecule has 0 spiro atoms. The highest BCUT2D eigenvalue weighted by atomic mass is 16.4. The Morgan fingerprint density at radius 3 is 2.50 bits per heavy atom. The van der Waals surface area contributed by atoms with Crippen molar-refractivity contribution >= 4 is 11.7 Å². The first kappa shape index (κ1) is 14.1. The molecule has 2 aromatic carbocycles. The van der Waals surface area contributed by atoms with E-state index in [1.54, 1.807) is 12.1 Å². The van der Waals surface area contributed by atoms with E-state index >= 15 is 0 Å². The number of hydrogen-bond acceptors (Lipinski definition) is 2. The summed E-state index contributed by atoms with van der Waals surface area (Å²) in [6, 6.07) is 13.4. The van der Waals surface area contributed by atoms with E-state index in [2.05, 4.69) is 24.4 Å². The molecule has 0 atom stereocenters. The van der Waals surface area contributed by atoms with Gasteiger partial charge in [-0.25, -0.2) is 4.79 Å². The van der Waals surface area contributed by atoms with E-state index in [1.165, 1.54) is 11.1 Å². The van der Waals surface area contributed by atoms with Crippen LogP contribution in [0.3, 0.4) is 0 Å². The fourth-order valence-electron chi connectivity index (χ4n) is 2.21. The predicted molar refractivity (Wildman–Crippen MR) is 81.3 cm³/mol. The SMILES string of the molecule is CCc1ccccc1CNc1cc(C(=O)O)ccc1C. The summed E-state index contributed by atoms with van der Waals surface area (Å²) in [5, 5.41) is 12.4. The number of carboxylic acid groups (broad SMARTS) is 1. The molecule has 0 aromatic heterocycles. The van der Waals surface area contributed by atoms with Gasteiger partial charge in [0, 0.05) is 12.2 Å². The van der Waals surface area contributed by atoms with E-state index in [0.717, 1.165) is 17.7 Å². The molecule has 3 heteroatoms. The van der Waals surface area contributed by atoms with E-state index in [-0.39, 0.29) is 0 Å². The van der Waals surface area contributed by atoms with E-state index in [0.29, 0.717) is 12.1 Å². The first-order chi connectivity index (χ1) is 9.61. The second-order valence-electron chi connectivity index (χ2n) is 4.81. The van der Waals surface area contributed by atoms with Crippen LogP contribution < -0.4 is 5.32 Å². The van der Waals surface area contributed by atoms with Gasteiger partial charge in [-0.05, 0) is 42.2 Å². The fraction of sp³-hybridized carbons (Fsp3) is 0.235. The van der Waals surface area contributed by atoms with Crippen LogP contribution in [0.5, 0.6) is 0 Å². The third kappa shape index (κ3) is 3.18. The number of carbonyl (C=O) groups is 1. The number of aromatic carboxylic acids is 1. The summed E-state index contributed by atoms with van der Waals surface area (Å²) in [5.74, 6) is -0.901. The van der Waals surface area contributed by atoms with Crippen molar-refractivity contribution in [3.63, 3.8) is 0 Å². The van der Waals surface area contributed by atoms with Crippen LogP contribution in [0.25, 0.3) is 0 Å². The molecule has 3 nitrogen and oxygen atoms in total. The maximum atomic E-state index is 11.0. The van der Waals surface area contributed by atoms with Gasteiger partial charge < -0.3 is 10.4 Å². The number of hydrogen-bond donors (Lipinski definition) is 2. The average molecular weight is 269 g/mol. The second kappa shape index (κ2) is 6.24. The van der Waals surface area contributed by atoms with Gasteiger partial charge in [0.05, 0.1) is 5.56 Å². The summed E-state index contributed by atoms with van der Waals surface area (Å²) < 4.78 is 0. The molecular formula is C17H19NO2. The van der Waals surface area contributed by atoms with Crippen LogP contribution in [0.15, 0.2) is 42.5 Å². The molecule has 2 N–H and O–H groups in total. The van der Waals surface area contributed by atoms with Crippen LogP contribution in [0.4, 0.5) is 5.69 Å². The van der Waals surface area contributed by atoms with Gasteiger partial charge in [0.2, 0.25) is 0 Å². The Hall–Kier alpha value is -2.29. The molecule has 20 heavy (non-hydrogen) atoms. The summed E-state index contributed by atoms with van der Waals surface area (Å²) in [6.45, 7) is 4.81. The zero-order valence-electron chi connectivity index (χ0n) is 11.8. The number of benzene rings is 2. The van der Waals surface area contributed by atoms with Crippen LogP contribution in [0.2, 0.25) is 0 Å². The van der Waals surface area contributed by atoms with Gasteiger partial charge in [0.15, 0.2) is 0 Å². The Morgan fingerprint density at radius 2 is 1.85 bits per heavy atom. The summed E-state index contributed by atoms with van der Waals surface area (Å²) >= 11 is 0. The molecule has 0 aliphatic heterocycles. The van der Waals surface area contributed by atoms with Gasteiger partial charge >= 0.3 is 5.97 Å². The quantitative estimate of drug-likeness (QED) is 0.866. The van der Waals surface area contributed by atoms with Crippen molar-refractivity contribution in [3.8, 4) is 0 Å². The molecule has 0 heterocycles. The number of rotatable bonds is 5. The first-order valence-electron chi connectivity index (χ1n) is 6.76. The topological polar surface area (TPSA) is 49.3 Å². The average Bonchev–Trinajstić information content (AvgIpc) is 2.46. The second-order valence-corrected chi connectivity index (χ2v) is 4.81. The molecule has 0 fully saturated rings. The third-order valence-electron chi connectivity index (χ3n) is 3.45. The Bertz CT molecular complexity index is 620. The summed E-state index contributed by atoms with van der Waals surface area (Å²) in [7, 11) is 0. The van der Waals surface area contributed by atoms with Crippen LogP contribution in [-0.2, 0) is 13.0 Å². The Labute approximate surface area is 119 Å². The Balaban J connectivity index is 2.18. The molecule has 0 amide bonds. The van der Waals surface area contributed by atoms with Gasteiger partial charge in [-0.15, -0.1) is 0 Å². The fourth-order valence-corrected chi connectivity index (χ4v) is 2.21. The molecule has 104 valence electrons.